The van der Waals surface area contributed by atoms with Gasteiger partial charge in [0, 0.05) is 0 Å². The van der Waals surface area contributed by atoms with Crippen LogP contribution in [-0.4, -0.2) is 18.1 Å². The summed E-state index contributed by atoms with van der Waals surface area (Å²) in [6.07, 6.45) is 1.41. The molecule has 1 aromatic heterocycles. The molecular formula is C14H11ClN4O2. The lowest BCUT2D eigenvalue weighted by Crippen LogP contribution is -2.08. The number of methoxy groups -OCH3 is 1. The van der Waals surface area contributed by atoms with Crippen molar-refractivity contribution in [3.05, 3.63) is 46.6 Å². The highest BCUT2D eigenvalue weighted by Crippen LogP contribution is 2.27. The van der Waals surface area contributed by atoms with E-state index in [1.165, 1.54) is 25.4 Å². The van der Waals surface area contributed by atoms with Crippen LogP contribution in [0.15, 0.2) is 30.5 Å². The second-order valence-corrected chi connectivity index (χ2v) is 4.50. The van der Waals surface area contributed by atoms with Gasteiger partial charge in [-0.3, -0.25) is 0 Å². The van der Waals surface area contributed by atoms with Crippen molar-refractivity contribution in [3.8, 4) is 6.07 Å². The number of nitrogens with zero attached hydrogens (tertiary/aromatic N) is 2. The smallest absolute Gasteiger partial charge is 0.341 e. The molecule has 0 saturated heterocycles. The maximum atomic E-state index is 11.7. The van der Waals surface area contributed by atoms with Crippen LogP contribution in [-0.2, 0) is 4.74 Å². The van der Waals surface area contributed by atoms with Crippen molar-refractivity contribution in [2.24, 2.45) is 0 Å². The Hall–Kier alpha value is -2.78. The van der Waals surface area contributed by atoms with Crippen molar-refractivity contribution < 1.29 is 9.53 Å². The Morgan fingerprint density at radius 3 is 2.86 bits per heavy atom. The summed E-state index contributed by atoms with van der Waals surface area (Å²) in [5.41, 5.74) is 7.10. The molecule has 0 radical (unpaired) electrons. The van der Waals surface area contributed by atoms with Gasteiger partial charge in [0.05, 0.1) is 41.3 Å². The molecule has 7 heteroatoms. The molecule has 0 aliphatic carbocycles. The topological polar surface area (TPSA) is 101 Å². The maximum absolute atomic E-state index is 11.7. The molecule has 0 unspecified atom stereocenters. The van der Waals surface area contributed by atoms with E-state index in [2.05, 4.69) is 15.0 Å². The number of esters is 1. The van der Waals surface area contributed by atoms with Gasteiger partial charge in [-0.2, -0.15) is 5.26 Å². The molecule has 0 aliphatic heterocycles. The Labute approximate surface area is 126 Å². The Kier molecular flexibility index (Phi) is 4.26. The minimum Gasteiger partial charge on any atom is -0.465 e. The molecule has 2 aromatic rings. The monoisotopic (exact) mass is 302 g/mol. The predicted octanol–water partition coefficient (Wildman–Crippen LogP) is 2.72. The number of rotatable bonds is 3. The Morgan fingerprint density at radius 2 is 2.24 bits per heavy atom. The first kappa shape index (κ1) is 14.6. The Balaban J connectivity index is 2.40. The van der Waals surface area contributed by atoms with Gasteiger partial charge in [-0.15, -0.1) is 0 Å². The molecule has 0 aliphatic rings. The van der Waals surface area contributed by atoms with Crippen molar-refractivity contribution in [2.45, 2.75) is 0 Å². The third-order valence-corrected chi connectivity index (χ3v) is 2.98. The SMILES string of the molecule is COC(=O)c1cc(N)cnc1Nc1ccc(C#N)cc1Cl. The van der Waals surface area contributed by atoms with Crippen LogP contribution in [0.1, 0.15) is 15.9 Å². The first-order chi connectivity index (χ1) is 10.0. The molecule has 1 heterocycles. The molecule has 2 rings (SSSR count). The van der Waals surface area contributed by atoms with Crippen LogP contribution < -0.4 is 11.1 Å². The average Bonchev–Trinajstić information content (AvgIpc) is 2.49. The minimum absolute atomic E-state index is 0.193. The Morgan fingerprint density at radius 1 is 1.48 bits per heavy atom. The number of nitrogens with two attached hydrogens (primary N) is 1. The lowest BCUT2D eigenvalue weighted by molar-refractivity contribution is 0.0601. The van der Waals surface area contributed by atoms with Crippen LogP contribution in [0.5, 0.6) is 0 Å². The number of ether oxygens (including phenoxy) is 1. The van der Waals surface area contributed by atoms with E-state index in [-0.39, 0.29) is 11.4 Å². The zero-order valence-corrected chi connectivity index (χ0v) is 11.8. The number of hydrogen-bond donors (Lipinski definition) is 2. The molecule has 21 heavy (non-hydrogen) atoms. The normalized spacial score (nSPS) is 9.76. The van der Waals surface area contributed by atoms with Crippen LogP contribution in [0.25, 0.3) is 0 Å². The number of anilines is 3. The van der Waals surface area contributed by atoms with Gasteiger partial charge in [0.2, 0.25) is 0 Å². The summed E-state index contributed by atoms with van der Waals surface area (Å²) in [6, 6.07) is 8.18. The minimum atomic E-state index is -0.568. The third-order valence-electron chi connectivity index (χ3n) is 2.67. The molecular weight excluding hydrogens is 292 g/mol. The van der Waals surface area contributed by atoms with Crippen molar-refractivity contribution >= 4 is 34.8 Å². The Bertz CT molecular complexity index is 740. The second kappa shape index (κ2) is 6.11. The highest BCUT2D eigenvalue weighted by Gasteiger charge is 2.15. The van der Waals surface area contributed by atoms with Crippen molar-refractivity contribution in [1.29, 1.82) is 5.26 Å². The summed E-state index contributed by atoms with van der Waals surface area (Å²) in [4.78, 5) is 15.8. The van der Waals surface area contributed by atoms with Gasteiger partial charge < -0.3 is 15.8 Å². The van der Waals surface area contributed by atoms with Crippen LogP contribution in [0.4, 0.5) is 17.2 Å². The molecule has 0 fully saturated rings. The number of carbonyl (C=O) groups is 1. The van der Waals surface area contributed by atoms with E-state index in [9.17, 15) is 4.79 Å². The number of pyridine rings is 1. The number of carbonyl (C=O) groups excluding carboxylic acids is 1. The first-order valence-electron chi connectivity index (χ1n) is 5.85. The number of nitriles is 1. The van der Waals surface area contributed by atoms with Crippen LogP contribution in [0.2, 0.25) is 5.02 Å². The highest BCUT2D eigenvalue weighted by molar-refractivity contribution is 6.33. The highest BCUT2D eigenvalue weighted by atomic mass is 35.5. The summed E-state index contributed by atoms with van der Waals surface area (Å²) in [6.45, 7) is 0. The van der Waals surface area contributed by atoms with Crippen LogP contribution in [0.3, 0.4) is 0 Å². The van der Waals surface area contributed by atoms with E-state index in [1.807, 2.05) is 6.07 Å². The maximum Gasteiger partial charge on any atom is 0.341 e. The summed E-state index contributed by atoms with van der Waals surface area (Å²) in [5.74, 6) is -0.301. The number of benzene rings is 1. The fourth-order valence-electron chi connectivity index (χ4n) is 1.66. The van der Waals surface area contributed by atoms with Gasteiger partial charge in [-0.25, -0.2) is 9.78 Å². The molecule has 6 nitrogen and oxygen atoms in total. The van der Waals surface area contributed by atoms with Crippen molar-refractivity contribution in [3.63, 3.8) is 0 Å². The van der Waals surface area contributed by atoms with E-state index in [4.69, 9.17) is 22.6 Å². The number of aromatic nitrogens is 1. The largest absolute Gasteiger partial charge is 0.465 e. The molecule has 0 atom stereocenters. The number of nitrogen functional groups attached to an aromatic ring is 1. The lowest BCUT2D eigenvalue weighted by atomic mass is 10.2. The quantitative estimate of drug-likeness (QED) is 0.845. The molecule has 3 N–H and O–H groups in total. The van der Waals surface area contributed by atoms with E-state index >= 15 is 0 Å². The summed E-state index contributed by atoms with van der Waals surface area (Å²) < 4.78 is 4.69. The summed E-state index contributed by atoms with van der Waals surface area (Å²) >= 11 is 6.07. The van der Waals surface area contributed by atoms with Crippen molar-refractivity contribution in [1.82, 2.24) is 4.98 Å². The van der Waals surface area contributed by atoms with Gasteiger partial charge in [0.1, 0.15) is 11.4 Å². The average molecular weight is 303 g/mol. The van der Waals surface area contributed by atoms with E-state index in [0.717, 1.165) is 0 Å². The molecule has 0 saturated carbocycles. The lowest BCUT2D eigenvalue weighted by Gasteiger charge is -2.11. The van der Waals surface area contributed by atoms with Gasteiger partial charge in [-0.1, -0.05) is 11.6 Å². The van der Waals surface area contributed by atoms with Gasteiger partial charge >= 0.3 is 5.97 Å². The zero-order valence-electron chi connectivity index (χ0n) is 11.1. The molecule has 0 spiro atoms. The fourth-order valence-corrected chi connectivity index (χ4v) is 1.89. The molecule has 1 aromatic carbocycles. The standard InChI is InChI=1S/C14H11ClN4O2/c1-21-14(20)10-5-9(17)7-18-13(10)19-12-3-2-8(6-16)4-11(12)15/h2-5,7H,17H2,1H3,(H,18,19). The first-order valence-corrected chi connectivity index (χ1v) is 6.23. The van der Waals surface area contributed by atoms with Crippen LogP contribution in [0, 0.1) is 11.3 Å². The van der Waals surface area contributed by atoms with Crippen molar-refractivity contribution in [2.75, 3.05) is 18.2 Å². The second-order valence-electron chi connectivity index (χ2n) is 4.09. The molecule has 0 amide bonds. The molecule has 0 bridgehead atoms. The summed E-state index contributed by atoms with van der Waals surface area (Å²) in [7, 11) is 1.27. The number of nitrogens with one attached hydrogen (secondary N) is 1. The fraction of sp³-hybridized carbons (Fsp3) is 0.0714. The third kappa shape index (κ3) is 3.22. The van der Waals surface area contributed by atoms with E-state index in [1.54, 1.807) is 12.1 Å². The van der Waals surface area contributed by atoms with Gasteiger partial charge in [0.25, 0.3) is 0 Å². The zero-order chi connectivity index (χ0) is 15.4. The van der Waals surface area contributed by atoms with E-state index < -0.39 is 5.97 Å². The van der Waals surface area contributed by atoms with Gasteiger partial charge in [0.15, 0.2) is 0 Å². The van der Waals surface area contributed by atoms with Gasteiger partial charge in [-0.05, 0) is 24.3 Å². The summed E-state index contributed by atoms with van der Waals surface area (Å²) in [5, 5.41) is 12.1. The molecule has 106 valence electrons. The van der Waals surface area contributed by atoms with Crippen LogP contribution >= 0.6 is 11.6 Å². The predicted molar refractivity (Wildman–Crippen MR) is 79.4 cm³/mol. The number of hydrogen-bond acceptors (Lipinski definition) is 6. The number of halogens is 1. The van der Waals surface area contributed by atoms with E-state index in [0.29, 0.717) is 22.0 Å².